The SMILES string of the molecule is CCCCNC(=O)[C@H](Cc1ccccc1)N(Cc1ccc(C)cc1)C(=O)CN(c1cccc(OC)c1)S(=O)(=O)c1ccccc1. The fourth-order valence-corrected chi connectivity index (χ4v) is 6.39. The third-order valence-corrected chi connectivity index (χ3v) is 9.31. The quantitative estimate of drug-likeness (QED) is 0.169. The number of nitrogens with zero attached hydrogens (tertiary/aromatic N) is 2. The molecule has 4 aromatic carbocycles. The Kier molecular flexibility index (Phi) is 11.8. The monoisotopic (exact) mass is 627 g/mol. The lowest BCUT2D eigenvalue weighted by Gasteiger charge is -2.34. The van der Waals surface area contributed by atoms with Crippen LogP contribution in [-0.4, -0.2) is 51.4 Å². The first-order chi connectivity index (χ1) is 21.7. The molecule has 2 amide bonds. The molecule has 0 radical (unpaired) electrons. The van der Waals surface area contributed by atoms with Crippen molar-refractivity contribution < 1.29 is 22.7 Å². The maximum atomic E-state index is 14.5. The van der Waals surface area contributed by atoms with E-state index in [1.807, 2.05) is 68.4 Å². The van der Waals surface area contributed by atoms with E-state index >= 15 is 0 Å². The molecule has 1 atom stereocenters. The van der Waals surface area contributed by atoms with Crippen LogP contribution in [0.3, 0.4) is 0 Å². The number of anilines is 1. The van der Waals surface area contributed by atoms with Crippen LogP contribution in [0.4, 0.5) is 5.69 Å². The predicted octanol–water partition coefficient (Wildman–Crippen LogP) is 5.76. The summed E-state index contributed by atoms with van der Waals surface area (Å²) >= 11 is 0. The van der Waals surface area contributed by atoms with Gasteiger partial charge in [-0.1, -0.05) is 97.8 Å². The average molecular weight is 628 g/mol. The van der Waals surface area contributed by atoms with Crippen molar-refractivity contribution in [2.45, 2.75) is 50.6 Å². The van der Waals surface area contributed by atoms with E-state index in [9.17, 15) is 18.0 Å². The standard InChI is InChI=1S/C36H41N3O5S/c1-4-5-23-37-36(41)34(24-29-13-8-6-9-14-29)38(26-30-21-19-28(2)20-22-30)35(40)27-39(31-15-12-16-32(25-31)44-3)45(42,43)33-17-10-7-11-18-33/h6-22,25,34H,4-5,23-24,26-27H2,1-3H3,(H,37,41)/t34-/m0/s1. The number of nitrogens with one attached hydrogen (secondary N) is 1. The number of benzene rings is 4. The fraction of sp³-hybridized carbons (Fsp3) is 0.278. The van der Waals surface area contributed by atoms with E-state index in [1.54, 1.807) is 42.5 Å². The molecule has 0 saturated carbocycles. The van der Waals surface area contributed by atoms with Crippen molar-refractivity contribution >= 4 is 27.5 Å². The van der Waals surface area contributed by atoms with Gasteiger partial charge in [-0.25, -0.2) is 8.42 Å². The fourth-order valence-electron chi connectivity index (χ4n) is 4.96. The Morgan fingerprint density at radius 1 is 0.844 bits per heavy atom. The molecule has 4 rings (SSSR count). The Morgan fingerprint density at radius 2 is 1.51 bits per heavy atom. The molecule has 236 valence electrons. The van der Waals surface area contributed by atoms with E-state index in [0.717, 1.165) is 33.8 Å². The molecular formula is C36H41N3O5S. The minimum atomic E-state index is -4.18. The molecule has 9 heteroatoms. The van der Waals surface area contributed by atoms with E-state index in [2.05, 4.69) is 5.32 Å². The maximum Gasteiger partial charge on any atom is 0.264 e. The summed E-state index contributed by atoms with van der Waals surface area (Å²) in [5.74, 6) is -0.349. The minimum absolute atomic E-state index is 0.0452. The molecule has 0 aromatic heterocycles. The predicted molar refractivity (Wildman–Crippen MR) is 178 cm³/mol. The third-order valence-electron chi connectivity index (χ3n) is 7.53. The number of unbranched alkanes of at least 4 members (excludes halogenated alkanes) is 1. The second kappa shape index (κ2) is 15.9. The van der Waals surface area contributed by atoms with Gasteiger partial charge in [-0.2, -0.15) is 0 Å². The Bertz CT molecular complexity index is 1650. The van der Waals surface area contributed by atoms with Gasteiger partial charge in [0.15, 0.2) is 0 Å². The zero-order valence-electron chi connectivity index (χ0n) is 26.1. The van der Waals surface area contributed by atoms with E-state index in [0.29, 0.717) is 12.3 Å². The van der Waals surface area contributed by atoms with Gasteiger partial charge in [0, 0.05) is 25.6 Å². The Morgan fingerprint density at radius 3 is 2.16 bits per heavy atom. The van der Waals surface area contributed by atoms with Crippen LogP contribution in [0, 0.1) is 6.92 Å². The van der Waals surface area contributed by atoms with Crippen molar-refractivity contribution in [2.24, 2.45) is 0 Å². The number of hydrogen-bond donors (Lipinski definition) is 1. The smallest absolute Gasteiger partial charge is 0.264 e. The zero-order chi connectivity index (χ0) is 32.2. The zero-order valence-corrected chi connectivity index (χ0v) is 26.9. The molecule has 0 unspecified atom stereocenters. The molecule has 0 fully saturated rings. The number of sulfonamides is 1. The lowest BCUT2D eigenvalue weighted by Crippen LogP contribution is -2.53. The van der Waals surface area contributed by atoms with Crippen LogP contribution in [0.2, 0.25) is 0 Å². The minimum Gasteiger partial charge on any atom is -0.497 e. The first kappa shape index (κ1) is 33.3. The van der Waals surface area contributed by atoms with Crippen LogP contribution < -0.4 is 14.4 Å². The van der Waals surface area contributed by atoms with Crippen molar-refractivity contribution in [1.82, 2.24) is 10.2 Å². The van der Waals surface area contributed by atoms with Gasteiger partial charge >= 0.3 is 0 Å². The van der Waals surface area contributed by atoms with Crippen LogP contribution >= 0.6 is 0 Å². The highest BCUT2D eigenvalue weighted by molar-refractivity contribution is 7.92. The molecule has 0 spiro atoms. The molecule has 45 heavy (non-hydrogen) atoms. The average Bonchev–Trinajstić information content (AvgIpc) is 3.06. The summed E-state index contributed by atoms with van der Waals surface area (Å²) in [5.41, 5.74) is 3.05. The van der Waals surface area contributed by atoms with Gasteiger partial charge in [-0.3, -0.25) is 13.9 Å². The Balaban J connectivity index is 1.79. The topological polar surface area (TPSA) is 96.0 Å². The molecule has 8 nitrogen and oxygen atoms in total. The van der Waals surface area contributed by atoms with Crippen molar-refractivity contribution in [2.75, 3.05) is 24.5 Å². The normalized spacial score (nSPS) is 11.8. The summed E-state index contributed by atoms with van der Waals surface area (Å²) in [6.45, 7) is 4.10. The maximum absolute atomic E-state index is 14.5. The van der Waals surface area contributed by atoms with Crippen LogP contribution in [0.25, 0.3) is 0 Å². The van der Waals surface area contributed by atoms with Crippen molar-refractivity contribution in [3.63, 3.8) is 0 Å². The third kappa shape index (κ3) is 8.95. The second-order valence-electron chi connectivity index (χ2n) is 10.9. The summed E-state index contributed by atoms with van der Waals surface area (Å²) in [5, 5.41) is 3.01. The van der Waals surface area contributed by atoms with Crippen LogP contribution in [0.1, 0.15) is 36.5 Å². The van der Waals surface area contributed by atoms with Gasteiger partial charge in [0.2, 0.25) is 11.8 Å². The molecule has 0 aliphatic heterocycles. The molecule has 0 bridgehead atoms. The highest BCUT2D eigenvalue weighted by atomic mass is 32.2. The first-order valence-corrected chi connectivity index (χ1v) is 16.6. The molecule has 4 aromatic rings. The molecule has 0 aliphatic carbocycles. The van der Waals surface area contributed by atoms with Gasteiger partial charge in [0.1, 0.15) is 18.3 Å². The van der Waals surface area contributed by atoms with E-state index in [1.165, 1.54) is 24.1 Å². The second-order valence-corrected chi connectivity index (χ2v) is 12.7. The van der Waals surface area contributed by atoms with Gasteiger partial charge in [-0.15, -0.1) is 0 Å². The number of methoxy groups -OCH3 is 1. The Hall–Kier alpha value is -4.63. The molecule has 0 saturated heterocycles. The highest BCUT2D eigenvalue weighted by Gasteiger charge is 2.34. The van der Waals surface area contributed by atoms with Gasteiger partial charge in [0.25, 0.3) is 10.0 Å². The lowest BCUT2D eigenvalue weighted by molar-refractivity contribution is -0.140. The number of carbonyl (C=O) groups is 2. The number of rotatable bonds is 15. The molecule has 1 N–H and O–H groups in total. The molecular weight excluding hydrogens is 586 g/mol. The summed E-state index contributed by atoms with van der Waals surface area (Å²) in [6, 6.07) is 31.0. The van der Waals surface area contributed by atoms with Crippen molar-refractivity contribution in [1.29, 1.82) is 0 Å². The molecule has 0 aliphatic rings. The number of carbonyl (C=O) groups excluding carboxylic acids is 2. The van der Waals surface area contributed by atoms with Gasteiger partial charge in [0.05, 0.1) is 17.7 Å². The first-order valence-electron chi connectivity index (χ1n) is 15.1. The van der Waals surface area contributed by atoms with Gasteiger partial charge < -0.3 is 15.0 Å². The summed E-state index contributed by atoms with van der Waals surface area (Å²) < 4.78 is 34.6. The largest absolute Gasteiger partial charge is 0.497 e. The number of ether oxygens (including phenoxy) is 1. The number of aryl methyl sites for hydroxylation is 1. The van der Waals surface area contributed by atoms with Gasteiger partial charge in [-0.05, 0) is 48.7 Å². The molecule has 0 heterocycles. The summed E-state index contributed by atoms with van der Waals surface area (Å²) in [7, 11) is -2.68. The van der Waals surface area contributed by atoms with E-state index in [4.69, 9.17) is 4.74 Å². The van der Waals surface area contributed by atoms with Crippen LogP contribution in [0.15, 0.2) is 114 Å². The highest BCUT2D eigenvalue weighted by Crippen LogP contribution is 2.28. The Labute approximate surface area is 266 Å². The van der Waals surface area contributed by atoms with E-state index in [-0.39, 0.29) is 29.5 Å². The van der Waals surface area contributed by atoms with E-state index < -0.39 is 28.5 Å². The lowest BCUT2D eigenvalue weighted by atomic mass is 10.0. The summed E-state index contributed by atoms with van der Waals surface area (Å²) in [6.07, 6.45) is 1.97. The van der Waals surface area contributed by atoms with Crippen molar-refractivity contribution in [3.8, 4) is 5.75 Å². The number of hydrogen-bond acceptors (Lipinski definition) is 5. The van der Waals surface area contributed by atoms with Crippen molar-refractivity contribution in [3.05, 3.63) is 126 Å². The summed E-state index contributed by atoms with van der Waals surface area (Å²) in [4.78, 5) is 29.9. The van der Waals surface area contributed by atoms with Crippen LogP contribution in [0.5, 0.6) is 5.75 Å². The van der Waals surface area contributed by atoms with Crippen LogP contribution in [-0.2, 0) is 32.6 Å². The number of amides is 2.